The largest absolute Gasteiger partial charge is 0.389 e. The van der Waals surface area contributed by atoms with Crippen LogP contribution in [0.4, 0.5) is 4.79 Å². The van der Waals surface area contributed by atoms with E-state index in [1.807, 2.05) is 30.3 Å². The first-order chi connectivity index (χ1) is 11.1. The highest BCUT2D eigenvalue weighted by Gasteiger charge is 2.19. The first kappa shape index (κ1) is 17.8. The van der Waals surface area contributed by atoms with Crippen LogP contribution in [0.2, 0.25) is 0 Å². The monoisotopic (exact) mass is 320 g/mol. The minimum atomic E-state index is -0.680. The molecule has 5 heteroatoms. The van der Waals surface area contributed by atoms with Crippen molar-refractivity contribution in [2.45, 2.75) is 50.9 Å². The van der Waals surface area contributed by atoms with Crippen LogP contribution in [0.1, 0.15) is 37.7 Å². The fraction of sp³-hybridized carbons (Fsp3) is 0.611. The summed E-state index contributed by atoms with van der Waals surface area (Å²) in [5.41, 5.74) is 1.07. The van der Waals surface area contributed by atoms with Gasteiger partial charge >= 0.3 is 6.03 Å². The Morgan fingerprint density at radius 1 is 1.30 bits per heavy atom. The van der Waals surface area contributed by atoms with Crippen molar-refractivity contribution in [1.82, 2.24) is 10.2 Å². The zero-order valence-electron chi connectivity index (χ0n) is 13.9. The van der Waals surface area contributed by atoms with Crippen molar-refractivity contribution >= 4 is 6.03 Å². The molecule has 0 radical (unpaired) electrons. The highest BCUT2D eigenvalue weighted by Crippen LogP contribution is 2.17. The summed E-state index contributed by atoms with van der Waals surface area (Å²) in [6.45, 7) is 0.958. The average molecular weight is 320 g/mol. The number of aliphatic hydroxyl groups excluding tert-OH is 1. The zero-order chi connectivity index (χ0) is 16.5. The number of ether oxygens (including phenoxy) is 1. The van der Waals surface area contributed by atoms with Crippen LogP contribution < -0.4 is 5.32 Å². The third-order valence-electron chi connectivity index (χ3n) is 4.19. The molecule has 0 spiro atoms. The summed E-state index contributed by atoms with van der Waals surface area (Å²) in [7, 11) is 1.71. The summed E-state index contributed by atoms with van der Waals surface area (Å²) in [6, 6.07) is 10.0. The molecule has 1 atom stereocenters. The lowest BCUT2D eigenvalue weighted by molar-refractivity contribution is 0.0179. The second-order valence-electron chi connectivity index (χ2n) is 6.32. The van der Waals surface area contributed by atoms with E-state index in [1.54, 1.807) is 7.05 Å². The van der Waals surface area contributed by atoms with E-state index < -0.39 is 6.10 Å². The zero-order valence-corrected chi connectivity index (χ0v) is 13.9. The van der Waals surface area contributed by atoms with Gasteiger partial charge in [0, 0.05) is 13.1 Å². The Hall–Kier alpha value is -1.59. The van der Waals surface area contributed by atoms with Crippen molar-refractivity contribution in [2.24, 2.45) is 0 Å². The molecule has 1 aromatic carbocycles. The Morgan fingerprint density at radius 2 is 2.00 bits per heavy atom. The fourth-order valence-corrected chi connectivity index (χ4v) is 2.87. The van der Waals surface area contributed by atoms with Gasteiger partial charge < -0.3 is 20.1 Å². The number of urea groups is 1. The molecular weight excluding hydrogens is 292 g/mol. The highest BCUT2D eigenvalue weighted by atomic mass is 16.5. The molecule has 0 bridgehead atoms. The fourth-order valence-electron chi connectivity index (χ4n) is 2.87. The second-order valence-corrected chi connectivity index (χ2v) is 6.32. The second kappa shape index (κ2) is 9.53. The van der Waals surface area contributed by atoms with E-state index in [4.69, 9.17) is 4.74 Å². The molecule has 0 aromatic heterocycles. The van der Waals surface area contributed by atoms with Crippen molar-refractivity contribution in [2.75, 3.05) is 20.2 Å². The Balaban J connectivity index is 1.63. The Kier molecular flexibility index (Phi) is 7.36. The number of aliphatic hydroxyl groups is 1. The van der Waals surface area contributed by atoms with E-state index in [0.717, 1.165) is 18.4 Å². The van der Waals surface area contributed by atoms with Crippen LogP contribution >= 0.6 is 0 Å². The Morgan fingerprint density at radius 3 is 2.70 bits per heavy atom. The molecule has 2 rings (SSSR count). The number of nitrogens with one attached hydrogen (secondary N) is 1. The summed E-state index contributed by atoms with van der Waals surface area (Å²) in [4.78, 5) is 13.6. The molecule has 5 nitrogen and oxygen atoms in total. The predicted molar refractivity (Wildman–Crippen MR) is 90.1 cm³/mol. The molecule has 1 aromatic rings. The van der Waals surface area contributed by atoms with E-state index in [9.17, 15) is 9.90 Å². The third-order valence-corrected chi connectivity index (χ3v) is 4.19. The Labute approximate surface area is 138 Å². The van der Waals surface area contributed by atoms with Crippen LogP contribution in [0.25, 0.3) is 0 Å². The quantitative estimate of drug-likeness (QED) is 0.811. The summed E-state index contributed by atoms with van der Waals surface area (Å²) in [6.07, 6.45) is 5.07. The smallest absolute Gasteiger partial charge is 0.317 e. The third kappa shape index (κ3) is 6.59. The van der Waals surface area contributed by atoms with Gasteiger partial charge in [-0.3, -0.25) is 0 Å². The topological polar surface area (TPSA) is 61.8 Å². The summed E-state index contributed by atoms with van der Waals surface area (Å²) in [5.74, 6) is 0. The number of carbonyl (C=O) groups excluding carboxylic acids is 1. The van der Waals surface area contributed by atoms with Gasteiger partial charge in [-0.1, -0.05) is 49.6 Å². The molecule has 0 heterocycles. The number of amides is 2. The van der Waals surface area contributed by atoms with Crippen molar-refractivity contribution in [1.29, 1.82) is 0 Å². The lowest BCUT2D eigenvalue weighted by Crippen LogP contribution is -2.46. The molecule has 0 saturated heterocycles. The van der Waals surface area contributed by atoms with E-state index in [-0.39, 0.29) is 25.2 Å². The van der Waals surface area contributed by atoms with Gasteiger partial charge in [0.15, 0.2) is 0 Å². The standard InChI is InChI=1S/C18H28N2O3/c1-20(18(22)19-16-10-6-3-7-11-16)12-17(21)14-23-13-15-8-4-2-5-9-15/h2,4-5,8-9,16-17,21H,3,6-7,10-14H2,1H3,(H,19,22)/t17-/m0/s1. The van der Waals surface area contributed by atoms with Gasteiger partial charge in [-0.05, 0) is 18.4 Å². The van der Waals surface area contributed by atoms with Crippen LogP contribution in [-0.4, -0.2) is 48.4 Å². The Bertz CT molecular complexity index is 461. The summed E-state index contributed by atoms with van der Waals surface area (Å²) >= 11 is 0. The first-order valence-electron chi connectivity index (χ1n) is 8.46. The molecule has 2 N–H and O–H groups in total. The SMILES string of the molecule is CN(C[C@H](O)COCc1ccccc1)C(=O)NC1CCCCC1. The van der Waals surface area contributed by atoms with E-state index in [2.05, 4.69) is 5.32 Å². The number of carbonyl (C=O) groups is 1. The van der Waals surface area contributed by atoms with Crippen molar-refractivity contribution in [3.63, 3.8) is 0 Å². The molecular formula is C18H28N2O3. The highest BCUT2D eigenvalue weighted by molar-refractivity contribution is 5.74. The van der Waals surface area contributed by atoms with Crippen LogP contribution in [0, 0.1) is 0 Å². The lowest BCUT2D eigenvalue weighted by Gasteiger charge is -2.27. The van der Waals surface area contributed by atoms with Gasteiger partial charge in [-0.15, -0.1) is 0 Å². The molecule has 23 heavy (non-hydrogen) atoms. The average Bonchev–Trinajstić information content (AvgIpc) is 2.56. The molecule has 1 saturated carbocycles. The minimum Gasteiger partial charge on any atom is -0.389 e. The number of benzene rings is 1. The van der Waals surface area contributed by atoms with Crippen LogP contribution in [0.15, 0.2) is 30.3 Å². The number of hydrogen-bond donors (Lipinski definition) is 2. The molecule has 2 amide bonds. The van der Waals surface area contributed by atoms with Gasteiger partial charge in [-0.25, -0.2) is 4.79 Å². The molecule has 1 fully saturated rings. The van der Waals surface area contributed by atoms with Gasteiger partial charge in [0.1, 0.15) is 0 Å². The molecule has 1 aliphatic rings. The molecule has 128 valence electrons. The maximum absolute atomic E-state index is 12.1. The van der Waals surface area contributed by atoms with Crippen LogP contribution in [0.3, 0.4) is 0 Å². The summed E-state index contributed by atoms with van der Waals surface area (Å²) < 4.78 is 5.50. The lowest BCUT2D eigenvalue weighted by atomic mass is 9.96. The maximum atomic E-state index is 12.1. The van der Waals surface area contributed by atoms with Gasteiger partial charge in [0.2, 0.25) is 0 Å². The predicted octanol–water partition coefficient (Wildman–Crippen LogP) is 2.54. The molecule has 0 aliphatic heterocycles. The van der Waals surface area contributed by atoms with Gasteiger partial charge in [0.05, 0.1) is 25.9 Å². The van der Waals surface area contributed by atoms with Gasteiger partial charge in [0.25, 0.3) is 0 Å². The number of likely N-dealkylation sites (N-methyl/N-ethyl adjacent to an activating group) is 1. The molecule has 1 aliphatic carbocycles. The van der Waals surface area contributed by atoms with E-state index >= 15 is 0 Å². The van der Waals surface area contributed by atoms with Crippen LogP contribution in [0.5, 0.6) is 0 Å². The summed E-state index contributed by atoms with van der Waals surface area (Å²) in [5, 5.41) is 13.0. The number of nitrogens with zero attached hydrogens (tertiary/aromatic N) is 1. The van der Waals surface area contributed by atoms with Crippen molar-refractivity contribution in [3.05, 3.63) is 35.9 Å². The van der Waals surface area contributed by atoms with Gasteiger partial charge in [-0.2, -0.15) is 0 Å². The number of rotatable bonds is 7. The first-order valence-corrected chi connectivity index (χ1v) is 8.46. The van der Waals surface area contributed by atoms with Crippen LogP contribution in [-0.2, 0) is 11.3 Å². The molecule has 0 unspecified atom stereocenters. The van der Waals surface area contributed by atoms with E-state index in [1.165, 1.54) is 24.2 Å². The normalized spacial score (nSPS) is 16.8. The van der Waals surface area contributed by atoms with Crippen molar-refractivity contribution in [3.8, 4) is 0 Å². The van der Waals surface area contributed by atoms with E-state index in [0.29, 0.717) is 6.61 Å². The number of hydrogen-bond acceptors (Lipinski definition) is 3. The van der Waals surface area contributed by atoms with Crippen molar-refractivity contribution < 1.29 is 14.6 Å². The maximum Gasteiger partial charge on any atom is 0.317 e. The minimum absolute atomic E-state index is 0.112.